The molecule has 0 radical (unpaired) electrons. The summed E-state index contributed by atoms with van der Waals surface area (Å²) in [6.45, 7) is 5.20. The summed E-state index contributed by atoms with van der Waals surface area (Å²) in [5, 5.41) is 82.8. The molecular weight excluding hydrogens is 1920 g/mol. The van der Waals surface area contributed by atoms with E-state index in [0.717, 1.165) is 28.2 Å². The molecule has 8 atom stereocenters. The number of carboxylic acid groups (broad SMARTS) is 1. The number of carbonyl (C=O) groups is 19. The summed E-state index contributed by atoms with van der Waals surface area (Å²) in [7, 11) is 0. The van der Waals surface area contributed by atoms with Gasteiger partial charge in [0, 0.05) is 186 Å². The Balaban J connectivity index is 0.000000573. The summed E-state index contributed by atoms with van der Waals surface area (Å²) in [6, 6.07) is 12.7. The molecule has 5 aliphatic heterocycles. The van der Waals surface area contributed by atoms with Crippen LogP contribution in [-0.2, 0) is 110 Å². The zero-order valence-electron chi connectivity index (χ0n) is 82.0. The number of amides is 16. The first-order chi connectivity index (χ1) is 68.9. The van der Waals surface area contributed by atoms with Gasteiger partial charge in [0.15, 0.2) is 17.5 Å². The molecule has 5 heterocycles. The van der Waals surface area contributed by atoms with E-state index in [1.54, 1.807) is 54.6 Å². The van der Waals surface area contributed by atoms with Gasteiger partial charge < -0.3 is 139 Å². The molecule has 3 aromatic rings. The number of aliphatic imine (C=N–C) groups is 1. The third kappa shape index (κ3) is 49.6. The highest BCUT2D eigenvalue weighted by atomic mass is 32.1. The molecule has 1 unspecified atom stereocenters. The number of nitrogens with two attached hydrogens (primary N) is 4. The summed E-state index contributed by atoms with van der Waals surface area (Å²) in [4.78, 5) is 248. The number of phenols is 2. The number of benzene rings is 3. The molecule has 0 spiro atoms. The number of phenolic OH excluding ortho intramolecular Hbond substituents is 2. The second kappa shape index (κ2) is 67.8. The van der Waals surface area contributed by atoms with Crippen molar-refractivity contribution < 1.29 is 112 Å². The van der Waals surface area contributed by atoms with Gasteiger partial charge >= 0.3 is 5.97 Å². The monoisotopic (exact) mass is 2070 g/mol. The second-order valence-electron chi connectivity index (χ2n) is 36.1. The molecule has 5 aliphatic rings. The van der Waals surface area contributed by atoms with E-state index in [0.29, 0.717) is 142 Å². The number of aliphatic carboxylic acids is 1. The van der Waals surface area contributed by atoms with Crippen LogP contribution < -0.4 is 119 Å². The fraction of sp³-hybridized carbons (Fsp3) is 0.583. The van der Waals surface area contributed by atoms with Crippen LogP contribution in [0.25, 0.3) is 0 Å². The van der Waals surface area contributed by atoms with Crippen molar-refractivity contribution in [1.29, 1.82) is 0 Å². The van der Waals surface area contributed by atoms with Crippen LogP contribution in [0.2, 0.25) is 0 Å². The Hall–Kier alpha value is -12.8. The van der Waals surface area contributed by atoms with Crippen molar-refractivity contribution in [3.63, 3.8) is 0 Å². The molecule has 31 N–H and O–H groups in total. The first kappa shape index (κ1) is 123. The Bertz CT molecular complexity index is 4560. The zero-order chi connectivity index (χ0) is 105. The Labute approximate surface area is 853 Å². The molecule has 16 amide bonds. The maximum atomic E-state index is 13.8. The summed E-state index contributed by atoms with van der Waals surface area (Å²) in [5.74, 6) is -10.3. The largest absolute Gasteiger partial charge is 0.508 e. The van der Waals surface area contributed by atoms with Crippen LogP contribution in [0.4, 0.5) is 0 Å². The number of Topliss-reactive ketones (excluding diaryl/α,β-unsaturated/α-hetero) is 2. The van der Waals surface area contributed by atoms with Crippen LogP contribution >= 0.6 is 25.3 Å². The van der Waals surface area contributed by atoms with Crippen molar-refractivity contribution in [2.75, 3.05) is 116 Å². The van der Waals surface area contributed by atoms with Crippen molar-refractivity contribution >= 4 is 143 Å². The average molecular weight is 2070 g/mol. The molecule has 8 rings (SSSR count). The SMILES string of the molecule is NC(=O)[C@H](CS)NC(=O)CCCCCCC(=O)[C@H](Cc1ccc(O)cc1)NC(=O)CCCC(=O)NC12CNCCNCC(NC(=O)CCCC(=O)N[C@@H](Cc3ccc(O)cc3)C(=O)CCCCCCC(=O)N[C@@H](CS)C(N)=O)(CNCCNC1)CNCCNC2.NC(N)=NCCC[C@@H]1NC(=O)C(CCCCNC(=O)CCN2C(=O)C=CC2=O)NC(=O)[C@@H](Cc2ccccc2)NC(=O)[C@@H](CC(=O)O)NC(=O)CNC1=O.O. The lowest BCUT2D eigenvalue weighted by Crippen LogP contribution is -2.68. The molecule has 2 bridgehead atoms. The number of ketones is 2. The summed E-state index contributed by atoms with van der Waals surface area (Å²) in [5.41, 5.74) is 22.0. The van der Waals surface area contributed by atoms with E-state index in [-0.39, 0.29) is 217 Å². The molecule has 3 aromatic carbocycles. The molecule has 47 nitrogen and oxygen atoms in total. The number of fused-ring (bicyclic) bond motifs is 15. The van der Waals surface area contributed by atoms with E-state index < -0.39 is 137 Å². The predicted octanol–water partition coefficient (Wildman–Crippen LogP) is -5.31. The number of nitrogens with zero attached hydrogens (tertiary/aromatic N) is 2. The fourth-order valence-corrected chi connectivity index (χ4v) is 16.6. The number of carboxylic acids is 1. The van der Waals surface area contributed by atoms with Gasteiger partial charge in [-0.2, -0.15) is 25.3 Å². The number of hydrogen-bond donors (Lipinski definition) is 27. The first-order valence-electron chi connectivity index (χ1n) is 49.0. The van der Waals surface area contributed by atoms with Gasteiger partial charge in [-0.05, 0) is 124 Å². The molecule has 4 saturated heterocycles. The maximum absolute atomic E-state index is 13.8. The van der Waals surface area contributed by atoms with Crippen molar-refractivity contribution in [1.82, 2.24) is 101 Å². The smallest absolute Gasteiger partial charge is 0.305 e. The summed E-state index contributed by atoms with van der Waals surface area (Å²) < 4.78 is 0. The van der Waals surface area contributed by atoms with Crippen LogP contribution in [-0.4, -0.2) is 319 Å². The van der Waals surface area contributed by atoms with Crippen LogP contribution in [0.1, 0.15) is 177 Å². The summed E-state index contributed by atoms with van der Waals surface area (Å²) >= 11 is 8.09. The lowest BCUT2D eigenvalue weighted by Gasteiger charge is -2.39. The van der Waals surface area contributed by atoms with Gasteiger partial charge in [0.1, 0.15) is 47.8 Å². The number of rotatable bonds is 54. The van der Waals surface area contributed by atoms with E-state index in [1.807, 2.05) is 0 Å². The molecule has 4 fully saturated rings. The molecule has 0 saturated carbocycles. The molecule has 0 aliphatic carbocycles. The van der Waals surface area contributed by atoms with E-state index in [4.69, 9.17) is 22.9 Å². The number of aromatic hydroxyl groups is 2. The second-order valence-corrected chi connectivity index (χ2v) is 36.8. The molecule has 49 heteroatoms. The van der Waals surface area contributed by atoms with Crippen molar-refractivity contribution in [2.45, 2.75) is 239 Å². The number of hydrogen-bond acceptors (Lipinski definition) is 30. The molecule has 802 valence electrons. The van der Waals surface area contributed by atoms with Crippen LogP contribution in [0.15, 0.2) is 96.0 Å². The quantitative estimate of drug-likeness (QED) is 0.00825. The standard InChI is InChI=1S/C62H100N14O12S2.C34H46N10O10.H2O/c63-59(87)49(35-89)73-53(81)13-7-3-1-5-11-51(79)47(33-43-19-23-45(77)24-20-43)71-55(83)15-9-17-57(85)75-61-37-65-27-30-68-40-62(41-69-31-28-66-38-61,42-70-32-29-67-39-61)76-58(86)18-10-16-56(84)72-48(34-44-21-25-46(78)26-22-44)52(80)12-6-2-4-8-14-54(82)74-50(36-90)60(64)88;35-34(36)38-15-6-10-21-30(51)39-19-26(46)40-24(18-29(49)50)33(54)43-23(17-20-7-2-1-3-8-20)32(53)42-22(31(52)41-21)9-4-5-14-37-25(45)13-16-44-27(47)11-12-28(44)48;/h19-26,47-50,65-70,77-78,89-90H,1-18,27-42H2,(H2,63,87)(H2,64,88)(H,71,83)(H,72,84)(H,73,81)(H,74,82)(H,75,85)(H,76,86);1-3,7-8,11-12,21-24H,4-6,9-10,13-19H2,(H,37,45)(H,39,51)(H,40,46)(H,41,52)(H,42,53)(H,43,54)(H,49,50)(H4,35,36,38);1H2/t47-,48-,49-,50-,61?,62?;21-,22?,23+,24+;/m00./s1. The third-order valence-corrected chi connectivity index (χ3v) is 24.7. The van der Waals surface area contributed by atoms with Crippen molar-refractivity contribution in [2.24, 2.45) is 27.9 Å². The molecule has 0 aromatic heterocycles. The topological polar surface area (TPSA) is 753 Å². The van der Waals surface area contributed by atoms with E-state index in [1.165, 1.54) is 24.3 Å². The minimum atomic E-state index is -1.61. The predicted molar refractivity (Wildman–Crippen MR) is 544 cm³/mol. The van der Waals surface area contributed by atoms with Gasteiger partial charge in [0.05, 0.1) is 36.1 Å². The van der Waals surface area contributed by atoms with Gasteiger partial charge in [-0.15, -0.1) is 0 Å². The van der Waals surface area contributed by atoms with E-state index in [9.17, 15) is 106 Å². The van der Waals surface area contributed by atoms with E-state index >= 15 is 0 Å². The lowest BCUT2D eigenvalue weighted by atomic mass is 9.96. The lowest BCUT2D eigenvalue weighted by molar-refractivity contribution is -0.141. The molecule has 145 heavy (non-hydrogen) atoms. The number of nitrogens with one attached hydrogen (secondary N) is 18. The summed E-state index contributed by atoms with van der Waals surface area (Å²) in [6.07, 6.45) is 8.84. The highest BCUT2D eigenvalue weighted by molar-refractivity contribution is 7.80. The van der Waals surface area contributed by atoms with Gasteiger partial charge in [-0.25, -0.2) is 0 Å². The highest BCUT2D eigenvalue weighted by Gasteiger charge is 2.38. The average Bonchev–Trinajstić information content (AvgIpc) is 1.55. The Morgan fingerprint density at radius 2 is 0.793 bits per heavy atom. The number of carbonyl (C=O) groups excluding carboxylic acids is 18. The van der Waals surface area contributed by atoms with Gasteiger partial charge in [-0.1, -0.05) is 80.3 Å². The number of thiol groups is 2. The third-order valence-electron chi connectivity index (χ3n) is 24.0. The number of unbranched alkanes of at least 4 members (excludes halogenated alkanes) is 7. The van der Waals surface area contributed by atoms with Crippen LogP contribution in [0, 0.1) is 0 Å². The number of primary amides is 2. The molecular formula is C96H148N24O23S2. The van der Waals surface area contributed by atoms with Gasteiger partial charge in [0.25, 0.3) is 11.8 Å². The Kier molecular flexibility index (Phi) is 57.3. The zero-order valence-corrected chi connectivity index (χ0v) is 83.8. The van der Waals surface area contributed by atoms with Gasteiger partial charge in [-0.3, -0.25) is 101 Å². The van der Waals surface area contributed by atoms with Crippen LogP contribution in [0.3, 0.4) is 0 Å². The van der Waals surface area contributed by atoms with Crippen LogP contribution in [0.5, 0.6) is 11.5 Å². The first-order valence-corrected chi connectivity index (χ1v) is 50.3. The van der Waals surface area contributed by atoms with E-state index in [2.05, 4.69) is 126 Å². The highest BCUT2D eigenvalue weighted by Crippen LogP contribution is 2.20. The Morgan fingerprint density at radius 3 is 1.21 bits per heavy atom. The van der Waals surface area contributed by atoms with Gasteiger partial charge in [0.2, 0.25) is 82.7 Å². The fourth-order valence-electron chi connectivity index (χ4n) is 16.1. The number of imide groups is 1. The normalized spacial score (nSPS) is 19.5. The van der Waals surface area contributed by atoms with Crippen molar-refractivity contribution in [3.05, 3.63) is 108 Å². The van der Waals surface area contributed by atoms with Crippen molar-refractivity contribution in [3.8, 4) is 11.5 Å². The Morgan fingerprint density at radius 1 is 0.414 bits per heavy atom. The number of guanidine groups is 1. The minimum absolute atomic E-state index is 0. The minimum Gasteiger partial charge on any atom is -0.508 e. The maximum Gasteiger partial charge on any atom is 0.305 e.